The van der Waals surface area contributed by atoms with Gasteiger partial charge in [-0.1, -0.05) is 18.2 Å². The Morgan fingerprint density at radius 3 is 3.00 bits per heavy atom. The highest BCUT2D eigenvalue weighted by Gasteiger charge is 2.13. The highest BCUT2D eigenvalue weighted by atomic mass is 32.1. The minimum Gasteiger partial charge on any atom is -0.481 e. The molecule has 0 saturated heterocycles. The van der Waals surface area contributed by atoms with Crippen molar-refractivity contribution in [3.05, 3.63) is 35.5 Å². The van der Waals surface area contributed by atoms with Crippen molar-refractivity contribution in [2.24, 2.45) is 0 Å². The van der Waals surface area contributed by atoms with Crippen LogP contribution in [0.2, 0.25) is 0 Å². The maximum absolute atomic E-state index is 10.5. The van der Waals surface area contributed by atoms with Crippen LogP contribution >= 0.6 is 11.3 Å². The van der Waals surface area contributed by atoms with E-state index >= 15 is 0 Å². The van der Waals surface area contributed by atoms with Crippen LogP contribution in [0.25, 0.3) is 21.5 Å². The number of hydrogen-bond acceptors (Lipinski definition) is 5. The predicted molar refractivity (Wildman–Crippen MR) is 75.7 cm³/mol. The van der Waals surface area contributed by atoms with Crippen molar-refractivity contribution in [3.63, 3.8) is 0 Å². The molecule has 0 fully saturated rings. The van der Waals surface area contributed by atoms with Crippen molar-refractivity contribution < 1.29 is 14.3 Å². The van der Waals surface area contributed by atoms with Gasteiger partial charge in [-0.05, 0) is 12.5 Å². The number of carboxylic acids is 1. The monoisotopic (exact) mass is 288 g/mol. The van der Waals surface area contributed by atoms with Gasteiger partial charge in [0.1, 0.15) is 0 Å². The fraction of sp³-hybridized carbons (Fsp3) is 0.214. The molecule has 5 nitrogen and oxygen atoms in total. The fourth-order valence-corrected chi connectivity index (χ4v) is 2.93. The van der Waals surface area contributed by atoms with E-state index in [9.17, 15) is 4.79 Å². The number of thiophene rings is 1. The van der Waals surface area contributed by atoms with Gasteiger partial charge in [0.05, 0.1) is 5.56 Å². The lowest BCUT2D eigenvalue weighted by atomic mass is 10.2. The van der Waals surface area contributed by atoms with Crippen LogP contribution in [0, 0.1) is 0 Å². The second kappa shape index (κ2) is 5.42. The summed E-state index contributed by atoms with van der Waals surface area (Å²) in [7, 11) is 0. The number of benzene rings is 1. The summed E-state index contributed by atoms with van der Waals surface area (Å²) in [6, 6.07) is 8.04. The quantitative estimate of drug-likeness (QED) is 0.779. The van der Waals surface area contributed by atoms with Gasteiger partial charge in [-0.3, -0.25) is 4.79 Å². The van der Waals surface area contributed by atoms with Gasteiger partial charge < -0.3 is 9.52 Å². The molecule has 0 saturated carbocycles. The van der Waals surface area contributed by atoms with Gasteiger partial charge in [-0.25, -0.2) is 0 Å². The van der Waals surface area contributed by atoms with Crippen LogP contribution < -0.4 is 0 Å². The Balaban J connectivity index is 1.81. The molecular weight excluding hydrogens is 276 g/mol. The molecular formula is C14H12N2O3S. The highest BCUT2D eigenvalue weighted by Crippen LogP contribution is 2.32. The molecule has 0 aliphatic rings. The lowest BCUT2D eigenvalue weighted by Crippen LogP contribution is -1.95. The van der Waals surface area contributed by atoms with Crippen molar-refractivity contribution in [1.29, 1.82) is 0 Å². The van der Waals surface area contributed by atoms with Gasteiger partial charge in [0, 0.05) is 28.3 Å². The van der Waals surface area contributed by atoms with Gasteiger partial charge in [-0.15, -0.1) is 21.5 Å². The van der Waals surface area contributed by atoms with E-state index in [1.165, 1.54) is 4.70 Å². The number of carboxylic acid groups (broad SMARTS) is 1. The molecule has 0 radical (unpaired) electrons. The standard InChI is InChI=1S/C14H12N2O3S/c17-13(18)7-3-6-12-15-16-14(19-12)10-8-20-11-5-2-1-4-9(10)11/h1-2,4-5,8H,3,6-7H2,(H,17,18). The van der Waals surface area contributed by atoms with Crippen molar-refractivity contribution in [2.45, 2.75) is 19.3 Å². The Morgan fingerprint density at radius 1 is 1.30 bits per heavy atom. The molecule has 0 bridgehead atoms. The van der Waals surface area contributed by atoms with Crippen LogP contribution in [-0.2, 0) is 11.2 Å². The van der Waals surface area contributed by atoms with Crippen LogP contribution in [-0.4, -0.2) is 21.3 Å². The number of carbonyl (C=O) groups is 1. The molecule has 20 heavy (non-hydrogen) atoms. The molecule has 2 aromatic heterocycles. The second-order valence-electron chi connectivity index (χ2n) is 4.39. The van der Waals surface area contributed by atoms with E-state index in [0.29, 0.717) is 24.6 Å². The number of aromatic nitrogens is 2. The van der Waals surface area contributed by atoms with Crippen LogP contribution in [0.3, 0.4) is 0 Å². The lowest BCUT2D eigenvalue weighted by Gasteiger charge is -1.93. The van der Waals surface area contributed by atoms with Gasteiger partial charge in [0.25, 0.3) is 0 Å². The van der Waals surface area contributed by atoms with Crippen molar-refractivity contribution in [3.8, 4) is 11.5 Å². The largest absolute Gasteiger partial charge is 0.481 e. The summed E-state index contributed by atoms with van der Waals surface area (Å²) in [5, 5.41) is 19.7. The number of hydrogen-bond donors (Lipinski definition) is 1. The molecule has 0 amide bonds. The van der Waals surface area contributed by atoms with Crippen LogP contribution in [0.1, 0.15) is 18.7 Å². The zero-order valence-corrected chi connectivity index (χ0v) is 11.4. The molecule has 3 aromatic rings. The Bertz CT molecular complexity index is 748. The average Bonchev–Trinajstić information content (AvgIpc) is 3.04. The van der Waals surface area contributed by atoms with Crippen molar-refractivity contribution in [2.75, 3.05) is 0 Å². The topological polar surface area (TPSA) is 76.2 Å². The minimum absolute atomic E-state index is 0.110. The summed E-state index contributed by atoms with van der Waals surface area (Å²) in [4.78, 5) is 10.5. The molecule has 0 aliphatic carbocycles. The summed E-state index contributed by atoms with van der Waals surface area (Å²) in [5.74, 6) is 0.165. The third-order valence-electron chi connectivity index (χ3n) is 2.96. The van der Waals surface area contributed by atoms with E-state index in [0.717, 1.165) is 10.9 Å². The van der Waals surface area contributed by atoms with E-state index in [1.807, 2.05) is 29.6 Å². The van der Waals surface area contributed by atoms with E-state index in [2.05, 4.69) is 10.2 Å². The number of nitrogens with zero attached hydrogens (tertiary/aromatic N) is 2. The maximum atomic E-state index is 10.5. The van der Waals surface area contributed by atoms with Crippen molar-refractivity contribution in [1.82, 2.24) is 10.2 Å². The third-order valence-corrected chi connectivity index (χ3v) is 3.92. The van der Waals surface area contributed by atoms with Gasteiger partial charge in [0.15, 0.2) is 0 Å². The van der Waals surface area contributed by atoms with Gasteiger partial charge >= 0.3 is 5.97 Å². The molecule has 0 spiro atoms. The molecule has 0 aliphatic heterocycles. The SMILES string of the molecule is O=C(O)CCCc1nnc(-c2csc3ccccc23)o1. The lowest BCUT2D eigenvalue weighted by molar-refractivity contribution is -0.137. The molecule has 0 atom stereocenters. The molecule has 0 unspecified atom stereocenters. The normalized spacial score (nSPS) is 11.0. The third kappa shape index (κ3) is 2.55. The van der Waals surface area contributed by atoms with Crippen LogP contribution in [0.4, 0.5) is 0 Å². The highest BCUT2D eigenvalue weighted by molar-refractivity contribution is 7.17. The Labute approximate surface area is 118 Å². The Morgan fingerprint density at radius 2 is 2.15 bits per heavy atom. The van der Waals surface area contributed by atoms with E-state index in [1.54, 1.807) is 11.3 Å². The number of aryl methyl sites for hydroxylation is 1. The molecule has 1 N–H and O–H groups in total. The number of aliphatic carboxylic acids is 1. The van der Waals surface area contributed by atoms with E-state index in [-0.39, 0.29) is 6.42 Å². The molecule has 3 rings (SSSR count). The smallest absolute Gasteiger partial charge is 0.303 e. The molecule has 2 heterocycles. The zero-order valence-electron chi connectivity index (χ0n) is 10.6. The summed E-state index contributed by atoms with van der Waals surface area (Å²) < 4.78 is 6.78. The first kappa shape index (κ1) is 12.8. The summed E-state index contributed by atoms with van der Waals surface area (Å²) in [6.07, 6.45) is 1.10. The van der Waals surface area contributed by atoms with Gasteiger partial charge in [0.2, 0.25) is 11.8 Å². The first-order valence-corrected chi connectivity index (χ1v) is 7.13. The van der Waals surface area contributed by atoms with E-state index in [4.69, 9.17) is 9.52 Å². The molecule has 1 aromatic carbocycles. The average molecular weight is 288 g/mol. The Hall–Kier alpha value is -2.21. The number of fused-ring (bicyclic) bond motifs is 1. The summed E-state index contributed by atoms with van der Waals surface area (Å²) in [5.41, 5.74) is 0.933. The first-order chi connectivity index (χ1) is 9.74. The fourth-order valence-electron chi connectivity index (χ4n) is 2.00. The molecule has 6 heteroatoms. The summed E-state index contributed by atoms with van der Waals surface area (Å²) in [6.45, 7) is 0. The first-order valence-electron chi connectivity index (χ1n) is 6.25. The summed E-state index contributed by atoms with van der Waals surface area (Å²) >= 11 is 1.63. The van der Waals surface area contributed by atoms with E-state index < -0.39 is 5.97 Å². The zero-order chi connectivity index (χ0) is 13.9. The Kier molecular flexibility index (Phi) is 3.47. The van der Waals surface area contributed by atoms with Gasteiger partial charge in [-0.2, -0.15) is 0 Å². The predicted octanol–water partition coefficient (Wildman–Crippen LogP) is 3.36. The van der Waals surface area contributed by atoms with Crippen molar-refractivity contribution >= 4 is 27.4 Å². The number of rotatable bonds is 5. The van der Waals surface area contributed by atoms with Crippen LogP contribution in [0.5, 0.6) is 0 Å². The van der Waals surface area contributed by atoms with Crippen LogP contribution in [0.15, 0.2) is 34.1 Å². The second-order valence-corrected chi connectivity index (χ2v) is 5.31. The molecule has 102 valence electrons. The maximum Gasteiger partial charge on any atom is 0.303 e. The minimum atomic E-state index is -0.812.